The normalized spacial score (nSPS) is 27.2. The fraction of sp³-hybridized carbons (Fsp3) is 0.486. The second-order valence-corrected chi connectivity index (χ2v) is 12.7. The van der Waals surface area contributed by atoms with Crippen LogP contribution in [0, 0.1) is 25.7 Å². The van der Waals surface area contributed by atoms with Crippen LogP contribution in [-0.2, 0) is 30.3 Å². The number of unbranched alkanes of at least 4 members (excludes halogenated alkanes) is 1. The summed E-state index contributed by atoms with van der Waals surface area (Å²) in [6.45, 7) is 13.6. The summed E-state index contributed by atoms with van der Waals surface area (Å²) >= 11 is 0. The second-order valence-electron chi connectivity index (χ2n) is 12.7. The SMILES string of the molecule is C=CCCCOC(=O)[C@@H]1[C@H]2C(=O)N([C@@H](CO)Cc3ccccc3)C(C(=O)N(CC=C)c3cc(C)ccc3C)C23CC[C@@]1(CC)O3. The van der Waals surface area contributed by atoms with Crippen LogP contribution in [0.3, 0.4) is 0 Å². The minimum atomic E-state index is -1.24. The lowest BCUT2D eigenvalue weighted by molar-refractivity contribution is -0.162. The minimum absolute atomic E-state index is 0.216. The number of benzene rings is 2. The fourth-order valence-electron chi connectivity index (χ4n) is 7.91. The molecule has 1 spiro atoms. The summed E-state index contributed by atoms with van der Waals surface area (Å²) in [7, 11) is 0. The average Bonchev–Trinajstić information content (AvgIpc) is 3.65. The first kappa shape index (κ1) is 32.6. The molecule has 0 radical (unpaired) electrons. The van der Waals surface area contributed by atoms with Gasteiger partial charge in [0.05, 0.1) is 30.8 Å². The molecule has 3 fully saturated rings. The maximum absolute atomic E-state index is 15.1. The van der Waals surface area contributed by atoms with Gasteiger partial charge in [-0.1, -0.05) is 61.5 Å². The number of amides is 2. The molecule has 0 aromatic heterocycles. The molecule has 0 saturated carbocycles. The van der Waals surface area contributed by atoms with Crippen LogP contribution in [0.25, 0.3) is 0 Å². The van der Waals surface area contributed by atoms with Gasteiger partial charge in [-0.2, -0.15) is 0 Å². The Balaban J connectivity index is 1.62. The van der Waals surface area contributed by atoms with E-state index in [1.54, 1.807) is 22.0 Å². The van der Waals surface area contributed by atoms with Crippen molar-refractivity contribution in [3.8, 4) is 0 Å². The number of aryl methyl sites for hydroxylation is 2. The molecule has 5 rings (SSSR count). The van der Waals surface area contributed by atoms with Gasteiger partial charge in [-0.25, -0.2) is 0 Å². The minimum Gasteiger partial charge on any atom is -0.465 e. The highest BCUT2D eigenvalue weighted by Crippen LogP contribution is 2.65. The van der Waals surface area contributed by atoms with Gasteiger partial charge < -0.3 is 24.4 Å². The van der Waals surface area contributed by atoms with Crippen molar-refractivity contribution in [2.75, 3.05) is 24.7 Å². The lowest BCUT2D eigenvalue weighted by atomic mass is 9.65. The molecule has 6 atom stereocenters. The molecule has 2 amide bonds. The van der Waals surface area contributed by atoms with Crippen molar-refractivity contribution in [2.24, 2.45) is 11.8 Å². The Morgan fingerprint density at radius 2 is 1.91 bits per heavy atom. The molecule has 3 aliphatic rings. The van der Waals surface area contributed by atoms with E-state index < -0.39 is 41.1 Å². The van der Waals surface area contributed by atoms with Gasteiger partial charge in [0.25, 0.3) is 5.91 Å². The molecule has 8 heteroatoms. The molecule has 0 aliphatic carbocycles. The van der Waals surface area contributed by atoms with Crippen molar-refractivity contribution in [3.05, 3.63) is 90.5 Å². The van der Waals surface area contributed by atoms with E-state index in [4.69, 9.17) is 9.47 Å². The number of carbonyl (C=O) groups excluding carboxylic acids is 3. The third-order valence-electron chi connectivity index (χ3n) is 10.1. The number of fused-ring (bicyclic) bond motifs is 1. The highest BCUT2D eigenvalue weighted by molar-refractivity contribution is 6.05. The Labute approximate surface area is 266 Å². The van der Waals surface area contributed by atoms with Gasteiger partial charge in [0, 0.05) is 12.2 Å². The third kappa shape index (κ3) is 5.63. The van der Waals surface area contributed by atoms with Crippen LogP contribution in [0.15, 0.2) is 73.8 Å². The Morgan fingerprint density at radius 1 is 1.16 bits per heavy atom. The number of aliphatic hydroxyl groups excluding tert-OH is 1. The second kappa shape index (κ2) is 13.3. The highest BCUT2D eigenvalue weighted by atomic mass is 16.6. The van der Waals surface area contributed by atoms with E-state index in [0.717, 1.165) is 22.4 Å². The predicted octanol–water partition coefficient (Wildman–Crippen LogP) is 5.09. The summed E-state index contributed by atoms with van der Waals surface area (Å²) in [5.41, 5.74) is 1.41. The molecule has 3 heterocycles. The van der Waals surface area contributed by atoms with Crippen molar-refractivity contribution in [2.45, 2.75) is 82.6 Å². The number of hydrogen-bond donors (Lipinski definition) is 1. The molecule has 2 aromatic carbocycles. The molecule has 8 nitrogen and oxygen atoms in total. The number of rotatable bonds is 14. The molecular formula is C37H46N2O6. The van der Waals surface area contributed by atoms with Crippen LogP contribution in [-0.4, -0.2) is 70.8 Å². The Kier molecular flexibility index (Phi) is 9.65. The van der Waals surface area contributed by atoms with Gasteiger partial charge in [-0.3, -0.25) is 14.4 Å². The quantitative estimate of drug-likeness (QED) is 0.181. The molecule has 2 bridgehead atoms. The van der Waals surface area contributed by atoms with Gasteiger partial charge >= 0.3 is 5.97 Å². The van der Waals surface area contributed by atoms with E-state index in [-0.39, 0.29) is 31.6 Å². The van der Waals surface area contributed by atoms with Crippen molar-refractivity contribution >= 4 is 23.5 Å². The fourth-order valence-corrected chi connectivity index (χ4v) is 7.91. The van der Waals surface area contributed by atoms with Crippen molar-refractivity contribution in [1.82, 2.24) is 4.90 Å². The number of nitrogens with zero attached hydrogens (tertiary/aromatic N) is 2. The average molecular weight is 615 g/mol. The summed E-state index contributed by atoms with van der Waals surface area (Å²) in [4.78, 5) is 46.9. The Morgan fingerprint density at radius 3 is 2.58 bits per heavy atom. The first-order chi connectivity index (χ1) is 21.7. The maximum Gasteiger partial charge on any atom is 0.312 e. The van der Waals surface area contributed by atoms with Crippen molar-refractivity contribution in [3.63, 3.8) is 0 Å². The zero-order chi connectivity index (χ0) is 32.4. The molecular weight excluding hydrogens is 568 g/mol. The van der Waals surface area contributed by atoms with E-state index in [1.807, 2.05) is 69.3 Å². The molecule has 2 unspecified atom stereocenters. The van der Waals surface area contributed by atoms with Gasteiger partial charge in [-0.15, -0.1) is 13.2 Å². The molecule has 2 aromatic rings. The highest BCUT2D eigenvalue weighted by Gasteiger charge is 2.79. The topological polar surface area (TPSA) is 96.4 Å². The first-order valence-corrected chi connectivity index (χ1v) is 16.1. The van der Waals surface area contributed by atoms with Crippen LogP contribution in [0.1, 0.15) is 55.7 Å². The van der Waals surface area contributed by atoms with Gasteiger partial charge in [-0.05, 0) is 75.1 Å². The number of ether oxygens (including phenoxy) is 2. The standard InChI is InChI=1S/C37H46N2O6/c1-6-9-13-21-44-35(43)31-30-33(41)39(28(24-40)23-27-14-11-10-12-15-27)32(37(30)19-18-36(31,8-3)45-37)34(42)38(20-7-2)29-22-25(4)16-17-26(29)5/h6-7,10-12,14-17,22,28,30-32,40H,1-2,8-9,13,18-21,23-24H2,3-5H3/t28-,30+,31+,32?,36-,37?/m1/s1. The Bertz CT molecular complexity index is 1440. The lowest BCUT2D eigenvalue weighted by Crippen LogP contribution is -2.59. The number of aliphatic hydroxyl groups is 1. The summed E-state index contributed by atoms with van der Waals surface area (Å²) in [6.07, 6.45) is 6.62. The molecule has 3 aliphatic heterocycles. The van der Waals surface area contributed by atoms with Crippen LogP contribution in [0.4, 0.5) is 5.69 Å². The van der Waals surface area contributed by atoms with Gasteiger partial charge in [0.15, 0.2) is 0 Å². The molecule has 1 N–H and O–H groups in total. The summed E-state index contributed by atoms with van der Waals surface area (Å²) in [5.74, 6) is -2.86. The van der Waals surface area contributed by atoms with E-state index in [9.17, 15) is 14.7 Å². The smallest absolute Gasteiger partial charge is 0.312 e. The van der Waals surface area contributed by atoms with Crippen molar-refractivity contribution < 1.29 is 29.0 Å². The molecule has 3 saturated heterocycles. The number of likely N-dealkylation sites (tertiary alicyclic amines) is 1. The van der Waals surface area contributed by atoms with E-state index >= 15 is 4.79 Å². The number of esters is 1. The maximum atomic E-state index is 15.1. The predicted molar refractivity (Wildman–Crippen MR) is 174 cm³/mol. The largest absolute Gasteiger partial charge is 0.465 e. The first-order valence-electron chi connectivity index (χ1n) is 16.1. The number of allylic oxidation sites excluding steroid dienone is 1. The van der Waals surface area contributed by atoms with E-state index in [1.165, 1.54) is 0 Å². The molecule has 240 valence electrons. The summed E-state index contributed by atoms with van der Waals surface area (Å²) < 4.78 is 12.7. The molecule has 45 heavy (non-hydrogen) atoms. The van der Waals surface area contributed by atoms with E-state index in [0.29, 0.717) is 38.5 Å². The van der Waals surface area contributed by atoms with Crippen LogP contribution in [0.2, 0.25) is 0 Å². The van der Waals surface area contributed by atoms with Gasteiger partial charge in [0.2, 0.25) is 5.91 Å². The zero-order valence-corrected chi connectivity index (χ0v) is 26.7. The number of hydrogen-bond acceptors (Lipinski definition) is 6. The lowest BCUT2D eigenvalue weighted by Gasteiger charge is -2.40. The zero-order valence-electron chi connectivity index (χ0n) is 26.7. The number of anilines is 1. The van der Waals surface area contributed by atoms with Gasteiger partial charge in [0.1, 0.15) is 17.6 Å². The number of carbonyl (C=O) groups is 3. The van der Waals surface area contributed by atoms with Crippen LogP contribution >= 0.6 is 0 Å². The van der Waals surface area contributed by atoms with Crippen LogP contribution < -0.4 is 4.90 Å². The van der Waals surface area contributed by atoms with E-state index in [2.05, 4.69) is 13.2 Å². The summed E-state index contributed by atoms with van der Waals surface area (Å²) in [6, 6.07) is 13.8. The van der Waals surface area contributed by atoms with Crippen LogP contribution in [0.5, 0.6) is 0 Å². The Hall–Kier alpha value is -3.75. The third-order valence-corrected chi connectivity index (χ3v) is 10.1. The summed E-state index contributed by atoms with van der Waals surface area (Å²) in [5, 5.41) is 10.8. The van der Waals surface area contributed by atoms with Crippen molar-refractivity contribution in [1.29, 1.82) is 0 Å². The monoisotopic (exact) mass is 614 g/mol.